The van der Waals surface area contributed by atoms with Crippen molar-refractivity contribution in [2.24, 2.45) is 0 Å². The van der Waals surface area contributed by atoms with Crippen molar-refractivity contribution in [3.05, 3.63) is 30.1 Å². The molecule has 1 aliphatic heterocycles. The van der Waals surface area contributed by atoms with E-state index in [0.717, 1.165) is 5.56 Å². The summed E-state index contributed by atoms with van der Waals surface area (Å²) < 4.78 is 0. The third-order valence-corrected chi connectivity index (χ3v) is 3.10. The predicted octanol–water partition coefficient (Wildman–Crippen LogP) is 1.22. The molecular weight excluding hydrogens is 220 g/mol. The number of hydrogen-bond donors (Lipinski definition) is 1. The molecule has 0 aromatic carbocycles. The summed E-state index contributed by atoms with van der Waals surface area (Å²) >= 11 is 0. The summed E-state index contributed by atoms with van der Waals surface area (Å²) in [4.78, 5) is 28.1. The van der Waals surface area contributed by atoms with E-state index in [1.54, 1.807) is 18.5 Å². The van der Waals surface area contributed by atoms with E-state index in [0.29, 0.717) is 12.8 Å². The van der Waals surface area contributed by atoms with Gasteiger partial charge < -0.3 is 10.0 Å². The Morgan fingerprint density at radius 2 is 2.24 bits per heavy atom. The number of pyridine rings is 1. The van der Waals surface area contributed by atoms with Gasteiger partial charge in [-0.05, 0) is 24.5 Å². The lowest BCUT2D eigenvalue weighted by molar-refractivity contribution is -0.148. The van der Waals surface area contributed by atoms with Crippen molar-refractivity contribution in [3.63, 3.8) is 0 Å². The normalized spacial score (nSPS) is 23.7. The van der Waals surface area contributed by atoms with Gasteiger partial charge in [-0.1, -0.05) is 6.07 Å². The molecule has 0 radical (unpaired) electrons. The number of aromatic nitrogens is 1. The van der Waals surface area contributed by atoms with Crippen LogP contribution in [-0.2, 0) is 9.59 Å². The van der Waals surface area contributed by atoms with Gasteiger partial charge >= 0.3 is 5.97 Å². The average Bonchev–Trinajstić information content (AvgIpc) is 2.74. The van der Waals surface area contributed by atoms with Crippen LogP contribution in [0.2, 0.25) is 0 Å². The lowest BCUT2D eigenvalue weighted by atomic mass is 10.1. The fraction of sp³-hybridized carbons (Fsp3) is 0.417. The summed E-state index contributed by atoms with van der Waals surface area (Å²) in [5.41, 5.74) is 0.895. The molecule has 2 rings (SSSR count). The van der Waals surface area contributed by atoms with Crippen molar-refractivity contribution in [2.75, 3.05) is 0 Å². The van der Waals surface area contributed by atoms with Crippen LogP contribution in [-0.4, -0.2) is 32.9 Å². The maximum Gasteiger partial charge on any atom is 0.326 e. The van der Waals surface area contributed by atoms with Gasteiger partial charge in [0.25, 0.3) is 0 Å². The van der Waals surface area contributed by atoms with Crippen molar-refractivity contribution in [1.82, 2.24) is 9.88 Å². The number of carboxylic acid groups (broad SMARTS) is 1. The van der Waals surface area contributed by atoms with E-state index in [1.807, 2.05) is 6.07 Å². The van der Waals surface area contributed by atoms with E-state index in [-0.39, 0.29) is 11.9 Å². The summed E-state index contributed by atoms with van der Waals surface area (Å²) in [7, 11) is 0. The molecule has 0 spiro atoms. The number of amides is 1. The average molecular weight is 234 g/mol. The molecule has 0 saturated carbocycles. The van der Waals surface area contributed by atoms with E-state index in [2.05, 4.69) is 4.98 Å². The molecule has 1 aromatic rings. The molecule has 1 aromatic heterocycles. The molecule has 1 fully saturated rings. The van der Waals surface area contributed by atoms with E-state index in [4.69, 9.17) is 5.11 Å². The van der Waals surface area contributed by atoms with Crippen molar-refractivity contribution < 1.29 is 14.7 Å². The van der Waals surface area contributed by atoms with Gasteiger partial charge in [0, 0.05) is 19.3 Å². The van der Waals surface area contributed by atoms with Gasteiger partial charge in [-0.3, -0.25) is 9.78 Å². The monoisotopic (exact) mass is 234 g/mol. The van der Waals surface area contributed by atoms with Crippen molar-refractivity contribution in [3.8, 4) is 0 Å². The standard InChI is InChI=1S/C12H14N2O3/c1-8(15)14-10(4-5-11(14)12(16)17)9-3-2-6-13-7-9/h2-3,6-7,10-11H,4-5H2,1H3,(H,16,17)/t10-,11+/m1/s1. The van der Waals surface area contributed by atoms with Gasteiger partial charge in [0.2, 0.25) is 5.91 Å². The van der Waals surface area contributed by atoms with Crippen LogP contribution < -0.4 is 0 Å². The Morgan fingerprint density at radius 3 is 2.76 bits per heavy atom. The highest BCUT2D eigenvalue weighted by Gasteiger charge is 2.40. The molecule has 0 aliphatic carbocycles. The maximum atomic E-state index is 11.6. The molecule has 0 unspecified atom stereocenters. The molecule has 1 aliphatic rings. The number of rotatable bonds is 2. The van der Waals surface area contributed by atoms with Crippen LogP contribution in [0, 0.1) is 0 Å². The number of carboxylic acids is 1. The summed E-state index contributed by atoms with van der Waals surface area (Å²) in [6, 6.07) is 2.79. The van der Waals surface area contributed by atoms with E-state index in [9.17, 15) is 9.59 Å². The second kappa shape index (κ2) is 4.53. The Kier molecular flexibility index (Phi) is 3.08. The third kappa shape index (κ3) is 2.13. The van der Waals surface area contributed by atoms with Crippen LogP contribution in [0.15, 0.2) is 24.5 Å². The Morgan fingerprint density at radius 1 is 1.47 bits per heavy atom. The first kappa shape index (κ1) is 11.6. The first-order valence-corrected chi connectivity index (χ1v) is 5.53. The van der Waals surface area contributed by atoms with Crippen molar-refractivity contribution in [1.29, 1.82) is 0 Å². The molecule has 1 amide bonds. The Bertz CT molecular complexity index is 433. The molecule has 90 valence electrons. The van der Waals surface area contributed by atoms with Crippen molar-refractivity contribution >= 4 is 11.9 Å². The highest BCUT2D eigenvalue weighted by Crippen LogP contribution is 2.35. The van der Waals surface area contributed by atoms with Gasteiger partial charge in [-0.2, -0.15) is 0 Å². The third-order valence-electron chi connectivity index (χ3n) is 3.10. The summed E-state index contributed by atoms with van der Waals surface area (Å²) in [6.07, 6.45) is 4.51. The molecule has 17 heavy (non-hydrogen) atoms. The van der Waals surface area contributed by atoms with Gasteiger partial charge in [0.1, 0.15) is 6.04 Å². The van der Waals surface area contributed by atoms with Crippen LogP contribution in [0.3, 0.4) is 0 Å². The fourth-order valence-electron chi connectivity index (χ4n) is 2.39. The topological polar surface area (TPSA) is 70.5 Å². The van der Waals surface area contributed by atoms with Crippen LogP contribution >= 0.6 is 0 Å². The van der Waals surface area contributed by atoms with Gasteiger partial charge in [-0.25, -0.2) is 4.79 Å². The van der Waals surface area contributed by atoms with Crippen LogP contribution in [0.4, 0.5) is 0 Å². The maximum absolute atomic E-state index is 11.6. The zero-order chi connectivity index (χ0) is 12.4. The number of hydrogen-bond acceptors (Lipinski definition) is 3. The zero-order valence-corrected chi connectivity index (χ0v) is 9.54. The van der Waals surface area contributed by atoms with E-state index < -0.39 is 12.0 Å². The number of carbonyl (C=O) groups is 2. The minimum absolute atomic E-state index is 0.165. The number of aliphatic carboxylic acids is 1. The molecular formula is C12H14N2O3. The van der Waals surface area contributed by atoms with Crippen LogP contribution in [0.5, 0.6) is 0 Å². The number of likely N-dealkylation sites (tertiary alicyclic amines) is 1. The molecule has 1 saturated heterocycles. The largest absolute Gasteiger partial charge is 0.480 e. The predicted molar refractivity (Wildman–Crippen MR) is 60.2 cm³/mol. The lowest BCUT2D eigenvalue weighted by Crippen LogP contribution is -2.40. The quantitative estimate of drug-likeness (QED) is 0.835. The first-order chi connectivity index (χ1) is 8.11. The number of carbonyl (C=O) groups excluding carboxylic acids is 1. The molecule has 2 heterocycles. The second-order valence-electron chi connectivity index (χ2n) is 4.16. The summed E-state index contributed by atoms with van der Waals surface area (Å²) in [6.45, 7) is 1.41. The van der Waals surface area contributed by atoms with Gasteiger partial charge in [-0.15, -0.1) is 0 Å². The lowest BCUT2D eigenvalue weighted by Gasteiger charge is -2.27. The van der Waals surface area contributed by atoms with Crippen LogP contribution in [0.1, 0.15) is 31.4 Å². The molecule has 0 bridgehead atoms. The fourth-order valence-corrected chi connectivity index (χ4v) is 2.39. The Balaban J connectivity index is 2.30. The summed E-state index contributed by atoms with van der Waals surface area (Å²) in [5, 5.41) is 9.09. The second-order valence-corrected chi connectivity index (χ2v) is 4.16. The molecule has 5 nitrogen and oxygen atoms in total. The van der Waals surface area contributed by atoms with Gasteiger partial charge in [0.15, 0.2) is 0 Å². The minimum atomic E-state index is -0.938. The van der Waals surface area contributed by atoms with Crippen molar-refractivity contribution in [2.45, 2.75) is 31.8 Å². The number of nitrogens with zero attached hydrogens (tertiary/aromatic N) is 2. The highest BCUT2D eigenvalue weighted by molar-refractivity contribution is 5.83. The zero-order valence-electron chi connectivity index (χ0n) is 9.54. The summed E-state index contributed by atoms with van der Waals surface area (Å²) in [5.74, 6) is -1.14. The van der Waals surface area contributed by atoms with Gasteiger partial charge in [0.05, 0.1) is 6.04 Å². The van der Waals surface area contributed by atoms with Crippen LogP contribution in [0.25, 0.3) is 0 Å². The van der Waals surface area contributed by atoms with E-state index in [1.165, 1.54) is 11.8 Å². The Hall–Kier alpha value is -1.91. The SMILES string of the molecule is CC(=O)N1[C@@H](c2cccnc2)CC[C@H]1C(=O)O. The highest BCUT2D eigenvalue weighted by atomic mass is 16.4. The minimum Gasteiger partial charge on any atom is -0.480 e. The smallest absolute Gasteiger partial charge is 0.326 e. The first-order valence-electron chi connectivity index (χ1n) is 5.53. The molecule has 1 N–H and O–H groups in total. The molecule has 5 heteroatoms. The molecule has 2 atom stereocenters. The van der Waals surface area contributed by atoms with E-state index >= 15 is 0 Å². The Labute approximate surface area is 99.1 Å².